The molecule has 0 spiro atoms. The first kappa shape index (κ1) is 24.3. The first-order valence-electron chi connectivity index (χ1n) is 9.92. The molecule has 3 heterocycles. The predicted molar refractivity (Wildman–Crippen MR) is 121 cm³/mol. The van der Waals surface area contributed by atoms with Crippen LogP contribution in [0.25, 0.3) is 22.6 Å². The Morgan fingerprint density at radius 1 is 1.17 bits per heavy atom. The predicted octanol–water partition coefficient (Wildman–Crippen LogP) is 4.16. The van der Waals surface area contributed by atoms with Gasteiger partial charge in [-0.1, -0.05) is 34.1 Å². The van der Waals surface area contributed by atoms with Gasteiger partial charge in [-0.2, -0.15) is 18.3 Å². The number of nitrogens with zero attached hydrogens (tertiary/aromatic N) is 5. The van der Waals surface area contributed by atoms with Crippen molar-refractivity contribution in [3.05, 3.63) is 59.7 Å². The number of anilines is 1. The summed E-state index contributed by atoms with van der Waals surface area (Å²) in [4.78, 5) is 23.6. The minimum absolute atomic E-state index is 0.0159. The number of rotatable bonds is 6. The van der Waals surface area contributed by atoms with Crippen LogP contribution in [0.15, 0.2) is 42.6 Å². The number of carbonyl (C=O) groups is 1. The Morgan fingerprint density at radius 2 is 1.91 bits per heavy atom. The molecule has 0 saturated heterocycles. The zero-order chi connectivity index (χ0) is 25.3. The summed E-state index contributed by atoms with van der Waals surface area (Å²) in [5.74, 6) is -4.17. The number of fused-ring (bicyclic) bond motifs is 1. The summed E-state index contributed by atoms with van der Waals surface area (Å²) >= 11 is 2.82. The molecule has 182 valence electrons. The summed E-state index contributed by atoms with van der Waals surface area (Å²) in [6.07, 6.45) is -4.67. The zero-order valence-corrected chi connectivity index (χ0v) is 19.2. The molecule has 14 heteroatoms. The number of pyridine rings is 1. The van der Waals surface area contributed by atoms with E-state index in [1.807, 2.05) is 0 Å². The van der Waals surface area contributed by atoms with Gasteiger partial charge in [-0.05, 0) is 18.2 Å². The lowest BCUT2D eigenvalue weighted by Crippen LogP contribution is -2.26. The van der Waals surface area contributed by atoms with Gasteiger partial charge in [0.15, 0.2) is 23.0 Å². The molecule has 35 heavy (non-hydrogen) atoms. The topological polar surface area (TPSA) is 135 Å². The molecule has 3 aromatic heterocycles. The second-order valence-corrected chi connectivity index (χ2v) is 7.94. The van der Waals surface area contributed by atoms with Crippen LogP contribution in [0.4, 0.5) is 28.2 Å². The molecule has 0 fully saturated rings. The molecule has 1 unspecified atom stereocenters. The number of amides is 1. The molecule has 4 aromatic rings. The van der Waals surface area contributed by atoms with E-state index in [0.29, 0.717) is 16.6 Å². The molecule has 0 saturated carbocycles. The lowest BCUT2D eigenvalue weighted by molar-refractivity contribution is -0.145. The van der Waals surface area contributed by atoms with Gasteiger partial charge in [-0.3, -0.25) is 0 Å². The van der Waals surface area contributed by atoms with Crippen LogP contribution in [-0.4, -0.2) is 42.3 Å². The molecular formula is C21H16BrF4N7O2. The van der Waals surface area contributed by atoms with Crippen LogP contribution < -0.4 is 16.2 Å². The SMILES string of the molecule is NC(=O)Oc1c(N)nc(-c2nn(Cc3ccccc3F)c3ncccc23)nc1C(CBr)C(F)(F)F. The van der Waals surface area contributed by atoms with Gasteiger partial charge in [-0.25, -0.2) is 28.8 Å². The maximum atomic E-state index is 14.2. The van der Waals surface area contributed by atoms with Crippen molar-refractivity contribution in [3.63, 3.8) is 0 Å². The number of alkyl halides is 4. The van der Waals surface area contributed by atoms with Gasteiger partial charge in [0, 0.05) is 17.1 Å². The molecule has 1 aromatic carbocycles. The maximum absolute atomic E-state index is 14.2. The normalized spacial score (nSPS) is 12.6. The van der Waals surface area contributed by atoms with Crippen LogP contribution in [0.5, 0.6) is 5.75 Å². The Morgan fingerprint density at radius 3 is 2.57 bits per heavy atom. The van der Waals surface area contributed by atoms with E-state index in [1.54, 1.807) is 30.3 Å². The van der Waals surface area contributed by atoms with E-state index >= 15 is 0 Å². The van der Waals surface area contributed by atoms with Gasteiger partial charge in [0.25, 0.3) is 0 Å². The Balaban J connectivity index is 1.91. The van der Waals surface area contributed by atoms with Gasteiger partial charge >= 0.3 is 12.3 Å². The van der Waals surface area contributed by atoms with Crippen LogP contribution in [0.2, 0.25) is 0 Å². The number of nitrogens with two attached hydrogens (primary N) is 2. The van der Waals surface area contributed by atoms with Crippen molar-refractivity contribution in [2.45, 2.75) is 18.6 Å². The highest BCUT2D eigenvalue weighted by atomic mass is 79.9. The molecule has 0 aliphatic rings. The standard InChI is InChI=1S/C21H16BrF4N7O2/c22-8-12(21(24,25)26)15-16(35-20(28)34)17(27)31-18(30-15)14-11-5-3-7-29-19(11)33(32-14)9-10-4-1-2-6-13(10)23/h1-7,12H,8-9H2,(H2,28,34)(H2,27,30,31). The summed E-state index contributed by atoms with van der Waals surface area (Å²) < 4.78 is 61.6. The van der Waals surface area contributed by atoms with E-state index < -0.39 is 46.6 Å². The Labute approximate surface area is 203 Å². The molecule has 4 rings (SSSR count). The third kappa shape index (κ3) is 4.87. The van der Waals surface area contributed by atoms with E-state index in [0.717, 1.165) is 0 Å². The molecule has 9 nitrogen and oxygen atoms in total. The average Bonchev–Trinajstić information content (AvgIpc) is 3.15. The number of benzene rings is 1. The van der Waals surface area contributed by atoms with Crippen molar-refractivity contribution in [2.75, 3.05) is 11.1 Å². The molecule has 4 N–H and O–H groups in total. The Hall–Kier alpha value is -3.81. The third-order valence-electron chi connectivity index (χ3n) is 5.00. The van der Waals surface area contributed by atoms with E-state index in [4.69, 9.17) is 16.2 Å². The highest BCUT2D eigenvalue weighted by molar-refractivity contribution is 9.09. The lowest BCUT2D eigenvalue weighted by Gasteiger charge is -2.20. The fourth-order valence-electron chi connectivity index (χ4n) is 3.42. The van der Waals surface area contributed by atoms with Gasteiger partial charge in [0.2, 0.25) is 0 Å². The van der Waals surface area contributed by atoms with Crippen molar-refractivity contribution in [1.29, 1.82) is 0 Å². The molecular weight excluding hydrogens is 538 g/mol. The van der Waals surface area contributed by atoms with Crippen molar-refractivity contribution >= 4 is 38.9 Å². The Bertz CT molecular complexity index is 1410. The monoisotopic (exact) mass is 553 g/mol. The lowest BCUT2D eigenvalue weighted by atomic mass is 10.1. The van der Waals surface area contributed by atoms with E-state index in [2.05, 4.69) is 36.0 Å². The number of nitrogen functional groups attached to an aromatic ring is 1. The maximum Gasteiger partial charge on any atom is 0.410 e. The van der Waals surface area contributed by atoms with Crippen LogP contribution in [0.1, 0.15) is 17.2 Å². The summed E-state index contributed by atoms with van der Waals surface area (Å²) in [6, 6.07) is 9.26. The van der Waals surface area contributed by atoms with Crippen LogP contribution in [0, 0.1) is 5.82 Å². The zero-order valence-electron chi connectivity index (χ0n) is 17.6. The number of primary amides is 1. The fourth-order valence-corrected chi connectivity index (χ4v) is 4.10. The third-order valence-corrected chi connectivity index (χ3v) is 5.64. The minimum Gasteiger partial charge on any atom is -0.405 e. The van der Waals surface area contributed by atoms with Crippen molar-refractivity contribution < 1.29 is 27.1 Å². The van der Waals surface area contributed by atoms with E-state index in [1.165, 1.54) is 16.9 Å². The smallest absolute Gasteiger partial charge is 0.405 e. The van der Waals surface area contributed by atoms with E-state index in [9.17, 15) is 22.4 Å². The number of halogens is 5. The van der Waals surface area contributed by atoms with Crippen molar-refractivity contribution in [2.24, 2.45) is 5.73 Å². The number of carbonyl (C=O) groups excluding carboxylic acids is 1. The molecule has 1 amide bonds. The summed E-state index contributed by atoms with van der Waals surface area (Å²) in [5, 5.41) is 4.18. The molecule has 0 aliphatic carbocycles. The van der Waals surface area contributed by atoms with Gasteiger partial charge in [-0.15, -0.1) is 0 Å². The first-order chi connectivity index (χ1) is 16.6. The Kier molecular flexibility index (Phi) is 6.56. The summed E-state index contributed by atoms with van der Waals surface area (Å²) in [7, 11) is 0. The highest BCUT2D eigenvalue weighted by Crippen LogP contribution is 2.42. The molecule has 1 atom stereocenters. The quantitative estimate of drug-likeness (QED) is 0.270. The second-order valence-electron chi connectivity index (χ2n) is 7.29. The van der Waals surface area contributed by atoms with Crippen LogP contribution >= 0.6 is 15.9 Å². The highest BCUT2D eigenvalue weighted by Gasteiger charge is 2.44. The molecule has 0 radical (unpaired) electrons. The van der Waals surface area contributed by atoms with Gasteiger partial charge < -0.3 is 16.2 Å². The number of hydrogen-bond acceptors (Lipinski definition) is 7. The second kappa shape index (κ2) is 9.44. The number of ether oxygens (including phenoxy) is 1. The average molecular weight is 554 g/mol. The van der Waals surface area contributed by atoms with Crippen molar-refractivity contribution in [3.8, 4) is 17.3 Å². The summed E-state index contributed by atoms with van der Waals surface area (Å²) in [5.41, 5.74) is 10.9. The summed E-state index contributed by atoms with van der Waals surface area (Å²) in [6.45, 7) is -0.0159. The van der Waals surface area contributed by atoms with Crippen LogP contribution in [0.3, 0.4) is 0 Å². The molecule has 0 bridgehead atoms. The fraction of sp³-hybridized carbons (Fsp3) is 0.190. The van der Waals surface area contributed by atoms with Crippen LogP contribution in [-0.2, 0) is 6.54 Å². The van der Waals surface area contributed by atoms with Gasteiger partial charge in [0.1, 0.15) is 23.1 Å². The van der Waals surface area contributed by atoms with Crippen molar-refractivity contribution in [1.82, 2.24) is 24.7 Å². The van der Waals surface area contributed by atoms with E-state index in [-0.39, 0.29) is 18.1 Å². The number of hydrogen-bond donors (Lipinski definition) is 2. The molecule has 0 aliphatic heterocycles. The largest absolute Gasteiger partial charge is 0.410 e. The first-order valence-corrected chi connectivity index (χ1v) is 11.0. The van der Waals surface area contributed by atoms with Gasteiger partial charge in [0.05, 0.1) is 11.9 Å². The minimum atomic E-state index is -4.77. The number of aromatic nitrogens is 5.